The third-order valence-corrected chi connectivity index (χ3v) is 7.29. The van der Waals surface area contributed by atoms with Gasteiger partial charge in [-0.25, -0.2) is 0 Å². The Morgan fingerprint density at radius 2 is 1.64 bits per heavy atom. The lowest BCUT2D eigenvalue weighted by Gasteiger charge is -2.19. The van der Waals surface area contributed by atoms with Crippen LogP contribution in [-0.4, -0.2) is 32.9 Å². The summed E-state index contributed by atoms with van der Waals surface area (Å²) < 4.78 is 7.57. The van der Waals surface area contributed by atoms with E-state index in [-0.39, 0.29) is 17.0 Å². The average molecular weight is 541 g/mol. The predicted octanol–water partition coefficient (Wildman–Crippen LogP) is 7.91. The first kappa shape index (κ1) is 26.3. The highest BCUT2D eigenvalue weighted by atomic mass is 35.5. The number of hydrogen-bond donors (Lipinski definition) is 0. The molecule has 8 heteroatoms. The summed E-state index contributed by atoms with van der Waals surface area (Å²) in [6.45, 7) is 9.10. The van der Waals surface area contributed by atoms with Gasteiger partial charge in [-0.05, 0) is 60.4 Å². The van der Waals surface area contributed by atoms with Crippen LogP contribution in [0.5, 0.6) is 5.75 Å². The minimum absolute atomic E-state index is 0.0489. The first-order valence-corrected chi connectivity index (χ1v) is 13.3. The predicted molar refractivity (Wildman–Crippen MR) is 148 cm³/mol. The molecule has 1 heterocycles. The van der Waals surface area contributed by atoms with E-state index in [0.29, 0.717) is 33.2 Å². The number of ether oxygens (including phenoxy) is 1. The highest BCUT2D eigenvalue weighted by Gasteiger charge is 2.20. The molecule has 0 bridgehead atoms. The van der Waals surface area contributed by atoms with Crippen LogP contribution >= 0.6 is 35.0 Å². The van der Waals surface area contributed by atoms with E-state index in [0.717, 1.165) is 17.0 Å². The van der Waals surface area contributed by atoms with Crippen molar-refractivity contribution < 1.29 is 9.53 Å². The van der Waals surface area contributed by atoms with Crippen LogP contribution in [0.2, 0.25) is 10.0 Å². The fourth-order valence-corrected chi connectivity index (χ4v) is 4.79. The van der Waals surface area contributed by atoms with Crippen molar-refractivity contribution in [2.45, 2.75) is 38.3 Å². The van der Waals surface area contributed by atoms with Gasteiger partial charge in [-0.2, -0.15) is 0 Å². The molecule has 5 nitrogen and oxygen atoms in total. The summed E-state index contributed by atoms with van der Waals surface area (Å²) >= 11 is 13.4. The molecule has 0 amide bonds. The number of halogens is 2. The molecule has 4 aromatic rings. The van der Waals surface area contributed by atoms with Crippen molar-refractivity contribution in [3.63, 3.8) is 0 Å². The molecule has 36 heavy (non-hydrogen) atoms. The zero-order valence-electron chi connectivity index (χ0n) is 20.6. The van der Waals surface area contributed by atoms with Crippen LogP contribution in [-0.2, 0) is 5.41 Å². The highest BCUT2D eigenvalue weighted by molar-refractivity contribution is 7.99. The normalized spacial score (nSPS) is 11.5. The third-order valence-electron chi connectivity index (χ3n) is 5.62. The van der Waals surface area contributed by atoms with E-state index in [9.17, 15) is 4.79 Å². The molecule has 0 atom stereocenters. The van der Waals surface area contributed by atoms with Gasteiger partial charge in [0.1, 0.15) is 5.75 Å². The van der Waals surface area contributed by atoms with Crippen LogP contribution in [0.15, 0.2) is 71.9 Å². The van der Waals surface area contributed by atoms with Gasteiger partial charge in [-0.1, -0.05) is 80.0 Å². The lowest BCUT2D eigenvalue weighted by molar-refractivity contribution is 0.102. The molecule has 0 N–H and O–H groups in total. The van der Waals surface area contributed by atoms with Crippen molar-refractivity contribution in [1.29, 1.82) is 0 Å². The van der Waals surface area contributed by atoms with Crippen LogP contribution in [0, 0.1) is 0 Å². The van der Waals surface area contributed by atoms with Crippen LogP contribution in [0.3, 0.4) is 0 Å². The largest absolute Gasteiger partial charge is 0.494 e. The summed E-state index contributed by atoms with van der Waals surface area (Å²) in [7, 11) is 0. The van der Waals surface area contributed by atoms with E-state index in [1.54, 1.807) is 18.2 Å². The molecular weight excluding hydrogens is 513 g/mol. The summed E-state index contributed by atoms with van der Waals surface area (Å²) in [6.07, 6.45) is 0. The molecule has 3 aromatic carbocycles. The van der Waals surface area contributed by atoms with E-state index in [4.69, 9.17) is 27.9 Å². The van der Waals surface area contributed by atoms with Crippen molar-refractivity contribution in [2.24, 2.45) is 0 Å². The maximum Gasteiger partial charge on any atom is 0.196 e. The fourth-order valence-electron chi connectivity index (χ4n) is 3.64. The maximum absolute atomic E-state index is 12.9. The van der Waals surface area contributed by atoms with Gasteiger partial charge in [0.15, 0.2) is 16.8 Å². The van der Waals surface area contributed by atoms with Crippen LogP contribution < -0.4 is 4.74 Å². The van der Waals surface area contributed by atoms with E-state index >= 15 is 0 Å². The zero-order chi connectivity index (χ0) is 25.9. The molecule has 0 unspecified atom stereocenters. The van der Waals surface area contributed by atoms with Gasteiger partial charge in [0.25, 0.3) is 0 Å². The molecular formula is C28H27Cl2N3O2S. The highest BCUT2D eigenvalue weighted by Crippen LogP contribution is 2.31. The first-order chi connectivity index (χ1) is 17.2. The average Bonchev–Trinajstić information content (AvgIpc) is 3.28. The first-order valence-electron chi connectivity index (χ1n) is 11.6. The monoisotopic (exact) mass is 539 g/mol. The second-order valence-electron chi connectivity index (χ2n) is 9.24. The molecule has 0 saturated heterocycles. The molecule has 1 aromatic heterocycles. The number of ketones is 1. The van der Waals surface area contributed by atoms with E-state index in [2.05, 4.69) is 55.2 Å². The molecule has 0 saturated carbocycles. The zero-order valence-corrected chi connectivity index (χ0v) is 22.9. The Bertz CT molecular complexity index is 1360. The fraction of sp³-hybridized carbons (Fsp3) is 0.250. The Morgan fingerprint density at radius 1 is 0.944 bits per heavy atom. The number of nitrogens with zero attached hydrogens (tertiary/aromatic N) is 3. The molecule has 0 aliphatic heterocycles. The number of Topliss-reactive ketones (excluding diaryl/α,β-unsaturated/α-hetero) is 1. The van der Waals surface area contributed by atoms with Crippen LogP contribution in [0.1, 0.15) is 43.6 Å². The smallest absolute Gasteiger partial charge is 0.196 e. The number of carbonyl (C=O) groups excluding carboxylic acids is 1. The Labute approximate surface area is 225 Å². The summed E-state index contributed by atoms with van der Waals surface area (Å²) in [5.41, 5.74) is 3.60. The van der Waals surface area contributed by atoms with Crippen molar-refractivity contribution in [2.75, 3.05) is 12.4 Å². The van der Waals surface area contributed by atoms with Gasteiger partial charge in [-0.3, -0.25) is 9.36 Å². The summed E-state index contributed by atoms with van der Waals surface area (Å²) in [6, 6.07) is 21.0. The van der Waals surface area contributed by atoms with Crippen LogP contribution in [0.25, 0.3) is 17.1 Å². The summed E-state index contributed by atoms with van der Waals surface area (Å²) in [5, 5.41) is 10.3. The van der Waals surface area contributed by atoms with E-state index in [1.165, 1.54) is 17.3 Å². The van der Waals surface area contributed by atoms with Crippen LogP contribution in [0.4, 0.5) is 0 Å². The number of thioether (sulfide) groups is 1. The van der Waals surface area contributed by atoms with Gasteiger partial charge in [0.05, 0.1) is 22.4 Å². The lowest BCUT2D eigenvalue weighted by Crippen LogP contribution is -2.10. The molecule has 0 spiro atoms. The van der Waals surface area contributed by atoms with Gasteiger partial charge >= 0.3 is 0 Å². The standard InChI is InChI=1S/C28H27Cl2N3O2S/c1-5-35-22-13-11-21(12-14-22)33-26(18-6-9-20(10-7-18)28(2,3)4)31-32-27(33)36-17-25(34)19-8-15-23(29)24(30)16-19/h6-16H,5,17H2,1-4H3. The van der Waals surface area contributed by atoms with Gasteiger partial charge < -0.3 is 4.74 Å². The second kappa shape index (κ2) is 11.1. The molecule has 0 aliphatic rings. The SMILES string of the molecule is CCOc1ccc(-n2c(SCC(=O)c3ccc(Cl)c(Cl)c3)nnc2-c2ccc(C(C)(C)C)cc2)cc1. The minimum Gasteiger partial charge on any atom is -0.494 e. The van der Waals surface area contributed by atoms with Gasteiger partial charge in [0.2, 0.25) is 0 Å². The number of hydrogen-bond acceptors (Lipinski definition) is 5. The molecule has 0 fully saturated rings. The maximum atomic E-state index is 12.9. The molecule has 4 rings (SSSR count). The Kier molecular flexibility index (Phi) is 8.08. The Morgan fingerprint density at radius 3 is 2.25 bits per heavy atom. The number of rotatable bonds is 8. The minimum atomic E-state index is -0.0732. The number of aromatic nitrogens is 3. The Balaban J connectivity index is 1.68. The van der Waals surface area contributed by atoms with Crippen molar-refractivity contribution >= 4 is 40.7 Å². The topological polar surface area (TPSA) is 57.0 Å². The molecule has 186 valence electrons. The van der Waals surface area contributed by atoms with Crippen molar-refractivity contribution in [3.05, 3.63) is 87.9 Å². The molecule has 0 aliphatic carbocycles. The second-order valence-corrected chi connectivity index (χ2v) is 11.0. The van der Waals surface area contributed by atoms with Gasteiger partial charge in [-0.15, -0.1) is 10.2 Å². The van der Waals surface area contributed by atoms with E-state index in [1.807, 2.05) is 35.8 Å². The Hall–Kier alpha value is -2.80. The summed E-state index contributed by atoms with van der Waals surface area (Å²) in [5.74, 6) is 1.59. The number of benzene rings is 3. The van der Waals surface area contributed by atoms with E-state index < -0.39 is 0 Å². The number of carbonyl (C=O) groups is 1. The van der Waals surface area contributed by atoms with Gasteiger partial charge in [0, 0.05) is 16.8 Å². The third kappa shape index (κ3) is 5.94. The van der Waals surface area contributed by atoms with Crippen molar-refractivity contribution in [1.82, 2.24) is 14.8 Å². The van der Waals surface area contributed by atoms with Crippen molar-refractivity contribution in [3.8, 4) is 22.8 Å². The summed E-state index contributed by atoms with van der Waals surface area (Å²) in [4.78, 5) is 12.9. The lowest BCUT2D eigenvalue weighted by atomic mass is 9.87. The quantitative estimate of drug-likeness (QED) is 0.168. The molecule has 0 radical (unpaired) electrons.